The highest BCUT2D eigenvalue weighted by Gasteiger charge is 2.09. The van der Waals surface area contributed by atoms with Crippen LogP contribution in [-0.2, 0) is 17.8 Å². The van der Waals surface area contributed by atoms with Gasteiger partial charge in [0.2, 0.25) is 11.0 Å². The minimum atomic E-state index is -0.124. The van der Waals surface area contributed by atoms with Crippen molar-refractivity contribution in [1.29, 1.82) is 0 Å². The molecule has 0 aliphatic heterocycles. The maximum atomic E-state index is 12.1. The van der Waals surface area contributed by atoms with E-state index in [-0.39, 0.29) is 12.5 Å². The Balaban J connectivity index is 1.74. The van der Waals surface area contributed by atoms with Crippen molar-refractivity contribution in [3.05, 3.63) is 40.5 Å². The molecule has 0 atom stereocenters. The molecule has 108 valence electrons. The zero-order valence-electron chi connectivity index (χ0n) is 11.3. The molecule has 7 heteroatoms. The monoisotopic (exact) mass is 320 g/mol. The normalized spacial score (nSPS) is 11.0. The predicted molar refractivity (Wildman–Crippen MR) is 84.9 cm³/mol. The smallest absolute Gasteiger partial charge is 0.246 e. The highest BCUT2D eigenvalue weighted by Crippen LogP contribution is 2.21. The third-order valence-corrected chi connectivity index (χ3v) is 4.28. The number of hydrogen-bond donors (Lipinski definition) is 1. The van der Waals surface area contributed by atoms with Crippen LogP contribution in [0.4, 0.5) is 5.13 Å². The van der Waals surface area contributed by atoms with E-state index in [2.05, 4.69) is 15.5 Å². The number of aromatic nitrogens is 3. The summed E-state index contributed by atoms with van der Waals surface area (Å²) in [6.07, 6.45) is 2.69. The second-order valence-corrected chi connectivity index (χ2v) is 6.05. The molecule has 0 fully saturated rings. The fourth-order valence-corrected chi connectivity index (χ4v) is 2.95. The molecule has 2 heterocycles. The van der Waals surface area contributed by atoms with E-state index in [9.17, 15) is 4.79 Å². The van der Waals surface area contributed by atoms with Crippen molar-refractivity contribution in [3.63, 3.8) is 0 Å². The molecule has 0 aliphatic carbocycles. The summed E-state index contributed by atoms with van der Waals surface area (Å²) < 4.78 is 1.88. The molecule has 2 aromatic heterocycles. The highest BCUT2D eigenvalue weighted by atomic mass is 35.5. The van der Waals surface area contributed by atoms with Crippen molar-refractivity contribution in [2.45, 2.75) is 19.9 Å². The van der Waals surface area contributed by atoms with E-state index >= 15 is 0 Å². The molecule has 3 aromatic rings. The number of benzene rings is 1. The second-order valence-electron chi connectivity index (χ2n) is 4.55. The molecule has 0 spiro atoms. The van der Waals surface area contributed by atoms with Crippen LogP contribution in [0.5, 0.6) is 0 Å². The SMILES string of the molecule is CCc1nnc(NC(=O)Cn2ccc3cc(Cl)ccc32)s1. The summed E-state index contributed by atoms with van der Waals surface area (Å²) in [6.45, 7) is 2.23. The maximum Gasteiger partial charge on any atom is 0.246 e. The summed E-state index contributed by atoms with van der Waals surface area (Å²) in [6, 6.07) is 7.54. The Hall–Kier alpha value is -1.92. The van der Waals surface area contributed by atoms with Crippen LogP contribution in [-0.4, -0.2) is 20.7 Å². The van der Waals surface area contributed by atoms with E-state index in [4.69, 9.17) is 11.6 Å². The van der Waals surface area contributed by atoms with Gasteiger partial charge < -0.3 is 4.57 Å². The van der Waals surface area contributed by atoms with Gasteiger partial charge in [0.25, 0.3) is 0 Å². The van der Waals surface area contributed by atoms with E-state index < -0.39 is 0 Å². The largest absolute Gasteiger partial charge is 0.338 e. The van der Waals surface area contributed by atoms with Crippen LogP contribution in [0.25, 0.3) is 10.9 Å². The number of nitrogens with one attached hydrogen (secondary N) is 1. The topological polar surface area (TPSA) is 59.8 Å². The molecular formula is C14H13ClN4OS. The van der Waals surface area contributed by atoms with Crippen molar-refractivity contribution in [1.82, 2.24) is 14.8 Å². The summed E-state index contributed by atoms with van der Waals surface area (Å²) in [5, 5.41) is 13.8. The van der Waals surface area contributed by atoms with Gasteiger partial charge in [0.15, 0.2) is 0 Å². The van der Waals surface area contributed by atoms with E-state index in [0.29, 0.717) is 10.2 Å². The van der Waals surface area contributed by atoms with Crippen molar-refractivity contribution in [2.75, 3.05) is 5.32 Å². The summed E-state index contributed by atoms with van der Waals surface area (Å²) in [4.78, 5) is 12.1. The number of fused-ring (bicyclic) bond motifs is 1. The van der Waals surface area contributed by atoms with Crippen LogP contribution in [0, 0.1) is 0 Å². The fourth-order valence-electron chi connectivity index (χ4n) is 2.07. The molecule has 1 amide bonds. The average molecular weight is 321 g/mol. The number of hydrogen-bond acceptors (Lipinski definition) is 4. The molecule has 5 nitrogen and oxygen atoms in total. The van der Waals surface area contributed by atoms with Gasteiger partial charge in [0.1, 0.15) is 11.6 Å². The van der Waals surface area contributed by atoms with Gasteiger partial charge in [-0.05, 0) is 30.7 Å². The van der Waals surface area contributed by atoms with E-state index in [0.717, 1.165) is 22.3 Å². The summed E-state index contributed by atoms with van der Waals surface area (Å²) in [5.41, 5.74) is 0.973. The Bertz CT molecular complexity index is 795. The van der Waals surface area contributed by atoms with Crippen molar-refractivity contribution < 1.29 is 4.79 Å². The number of nitrogens with zero attached hydrogens (tertiary/aromatic N) is 3. The highest BCUT2D eigenvalue weighted by molar-refractivity contribution is 7.15. The van der Waals surface area contributed by atoms with Gasteiger partial charge in [-0.25, -0.2) is 0 Å². The standard InChI is InChI=1S/C14H13ClN4OS/c1-2-13-17-18-14(21-13)16-12(20)8-19-6-5-9-7-10(15)3-4-11(9)19/h3-7H,2,8H2,1H3,(H,16,18,20). The van der Waals surface area contributed by atoms with Crippen LogP contribution in [0.15, 0.2) is 30.5 Å². The number of aryl methyl sites for hydroxylation is 1. The maximum absolute atomic E-state index is 12.1. The Labute approximate surface area is 130 Å². The molecule has 0 radical (unpaired) electrons. The summed E-state index contributed by atoms with van der Waals surface area (Å²) in [5.74, 6) is -0.124. The van der Waals surface area contributed by atoms with Crippen molar-refractivity contribution >= 4 is 44.9 Å². The van der Waals surface area contributed by atoms with E-state index in [1.807, 2.05) is 42.0 Å². The second kappa shape index (κ2) is 5.83. The number of carbonyl (C=O) groups is 1. The van der Waals surface area contributed by atoms with Crippen molar-refractivity contribution in [2.24, 2.45) is 0 Å². The lowest BCUT2D eigenvalue weighted by atomic mass is 10.2. The van der Waals surface area contributed by atoms with Gasteiger partial charge in [-0.2, -0.15) is 0 Å². The number of carbonyl (C=O) groups excluding carboxylic acids is 1. The quantitative estimate of drug-likeness (QED) is 0.802. The number of rotatable bonds is 4. The van der Waals surface area contributed by atoms with E-state index in [1.54, 1.807) is 0 Å². The third kappa shape index (κ3) is 3.06. The first-order chi connectivity index (χ1) is 10.2. The fraction of sp³-hybridized carbons (Fsp3) is 0.214. The minimum Gasteiger partial charge on any atom is -0.338 e. The zero-order chi connectivity index (χ0) is 14.8. The molecule has 0 saturated heterocycles. The molecule has 0 bridgehead atoms. The Kier molecular flexibility index (Phi) is 3.90. The Morgan fingerprint density at radius 2 is 2.24 bits per heavy atom. The van der Waals surface area contributed by atoms with Gasteiger partial charge in [-0.3, -0.25) is 10.1 Å². The lowest BCUT2D eigenvalue weighted by Crippen LogP contribution is -2.18. The molecule has 21 heavy (non-hydrogen) atoms. The lowest BCUT2D eigenvalue weighted by molar-refractivity contribution is -0.116. The first-order valence-electron chi connectivity index (χ1n) is 6.52. The lowest BCUT2D eigenvalue weighted by Gasteiger charge is -2.05. The van der Waals surface area contributed by atoms with Gasteiger partial charge in [0.05, 0.1) is 0 Å². The Morgan fingerprint density at radius 1 is 1.38 bits per heavy atom. The van der Waals surface area contributed by atoms with Gasteiger partial charge >= 0.3 is 0 Å². The molecule has 0 aliphatic rings. The summed E-state index contributed by atoms with van der Waals surface area (Å²) >= 11 is 7.35. The number of halogens is 1. The summed E-state index contributed by atoms with van der Waals surface area (Å²) in [7, 11) is 0. The van der Waals surface area contributed by atoms with E-state index in [1.165, 1.54) is 11.3 Å². The number of amides is 1. The first-order valence-corrected chi connectivity index (χ1v) is 7.72. The first kappa shape index (κ1) is 14.0. The van der Waals surface area contributed by atoms with Crippen LogP contribution in [0.3, 0.4) is 0 Å². The van der Waals surface area contributed by atoms with Gasteiger partial charge in [0, 0.05) is 22.1 Å². The molecule has 1 aromatic carbocycles. The van der Waals surface area contributed by atoms with Gasteiger partial charge in [-0.1, -0.05) is 29.9 Å². The average Bonchev–Trinajstić information content (AvgIpc) is 3.06. The third-order valence-electron chi connectivity index (χ3n) is 3.06. The molecule has 3 rings (SSSR count). The van der Waals surface area contributed by atoms with Crippen LogP contribution in [0.2, 0.25) is 5.02 Å². The minimum absolute atomic E-state index is 0.124. The zero-order valence-corrected chi connectivity index (χ0v) is 12.9. The van der Waals surface area contributed by atoms with Crippen molar-refractivity contribution in [3.8, 4) is 0 Å². The Morgan fingerprint density at radius 3 is 3.00 bits per heavy atom. The number of anilines is 1. The predicted octanol–water partition coefficient (Wildman–Crippen LogP) is 3.35. The molecule has 0 unspecified atom stereocenters. The molecular weight excluding hydrogens is 308 g/mol. The van der Waals surface area contributed by atoms with Crippen LogP contribution >= 0.6 is 22.9 Å². The van der Waals surface area contributed by atoms with Crippen LogP contribution < -0.4 is 5.32 Å². The van der Waals surface area contributed by atoms with Gasteiger partial charge in [-0.15, -0.1) is 10.2 Å². The van der Waals surface area contributed by atoms with Crippen LogP contribution in [0.1, 0.15) is 11.9 Å². The molecule has 0 saturated carbocycles. The molecule has 1 N–H and O–H groups in total.